The van der Waals surface area contributed by atoms with E-state index in [0.29, 0.717) is 17.9 Å². The monoisotopic (exact) mass is 462 g/mol. The zero-order valence-corrected chi connectivity index (χ0v) is 20.3. The van der Waals surface area contributed by atoms with Gasteiger partial charge in [0.15, 0.2) is 0 Å². The van der Waals surface area contributed by atoms with Crippen molar-refractivity contribution < 1.29 is 19.4 Å². The van der Waals surface area contributed by atoms with Crippen LogP contribution in [-0.2, 0) is 9.59 Å². The number of amides is 1. The number of nitrogens with zero attached hydrogens (tertiary/aromatic N) is 2. The first-order chi connectivity index (χ1) is 16.4. The summed E-state index contributed by atoms with van der Waals surface area (Å²) in [6, 6.07) is 14.3. The van der Waals surface area contributed by atoms with Crippen LogP contribution in [0.25, 0.3) is 5.76 Å². The number of anilines is 1. The van der Waals surface area contributed by atoms with Gasteiger partial charge in [0, 0.05) is 31.4 Å². The first-order valence-corrected chi connectivity index (χ1v) is 12.2. The Labute approximate surface area is 201 Å². The van der Waals surface area contributed by atoms with E-state index in [1.165, 1.54) is 0 Å². The van der Waals surface area contributed by atoms with Crippen LogP contribution in [0, 0.1) is 0 Å². The smallest absolute Gasteiger partial charge is 0.295 e. The topological polar surface area (TPSA) is 70.1 Å². The van der Waals surface area contributed by atoms with Crippen molar-refractivity contribution in [1.82, 2.24) is 4.90 Å². The van der Waals surface area contributed by atoms with E-state index in [-0.39, 0.29) is 17.4 Å². The molecule has 1 atom stereocenters. The van der Waals surface area contributed by atoms with Crippen molar-refractivity contribution >= 4 is 23.1 Å². The third kappa shape index (κ3) is 4.67. The lowest BCUT2D eigenvalue weighted by molar-refractivity contribution is -0.141. The molecule has 0 radical (unpaired) electrons. The normalized spacial score (nSPS) is 20.6. The van der Waals surface area contributed by atoms with E-state index < -0.39 is 17.7 Å². The number of hydrogen-bond acceptors (Lipinski definition) is 5. The van der Waals surface area contributed by atoms with Crippen molar-refractivity contribution in [3.05, 3.63) is 65.2 Å². The van der Waals surface area contributed by atoms with Crippen LogP contribution in [0.1, 0.15) is 62.6 Å². The van der Waals surface area contributed by atoms with Gasteiger partial charge in [0.1, 0.15) is 11.5 Å². The Bertz CT molecular complexity index is 1050. The van der Waals surface area contributed by atoms with E-state index in [0.717, 1.165) is 49.8 Å². The average Bonchev–Trinajstić information content (AvgIpc) is 3.13. The van der Waals surface area contributed by atoms with Crippen LogP contribution in [-0.4, -0.2) is 48.4 Å². The Morgan fingerprint density at radius 1 is 1.00 bits per heavy atom. The number of likely N-dealkylation sites (tertiary alicyclic amines) is 1. The highest BCUT2D eigenvalue weighted by molar-refractivity contribution is 6.46. The summed E-state index contributed by atoms with van der Waals surface area (Å²) in [6.45, 7) is 2.65. The van der Waals surface area contributed by atoms with Gasteiger partial charge in [-0.15, -0.1) is 0 Å². The van der Waals surface area contributed by atoms with Crippen LogP contribution in [0.15, 0.2) is 54.1 Å². The Balaban J connectivity index is 1.78. The third-order valence-electron chi connectivity index (χ3n) is 6.77. The van der Waals surface area contributed by atoms with Gasteiger partial charge in [-0.3, -0.25) is 9.59 Å². The van der Waals surface area contributed by atoms with Crippen molar-refractivity contribution in [2.45, 2.75) is 57.5 Å². The molecule has 0 aromatic heterocycles. The largest absolute Gasteiger partial charge is 0.507 e. The molecule has 1 heterocycles. The predicted molar refractivity (Wildman–Crippen MR) is 134 cm³/mol. The molecule has 6 heteroatoms. The van der Waals surface area contributed by atoms with Gasteiger partial charge in [-0.1, -0.05) is 38.3 Å². The van der Waals surface area contributed by atoms with Crippen LogP contribution >= 0.6 is 0 Å². The van der Waals surface area contributed by atoms with Gasteiger partial charge in [0.05, 0.1) is 18.2 Å². The number of aliphatic hydroxyl groups is 1. The number of carbonyl (C=O) groups is 2. The van der Waals surface area contributed by atoms with E-state index >= 15 is 0 Å². The van der Waals surface area contributed by atoms with E-state index in [9.17, 15) is 14.7 Å². The van der Waals surface area contributed by atoms with E-state index in [4.69, 9.17) is 4.74 Å². The van der Waals surface area contributed by atoms with Gasteiger partial charge >= 0.3 is 0 Å². The summed E-state index contributed by atoms with van der Waals surface area (Å²) in [5.74, 6) is -0.564. The minimum atomic E-state index is -0.615. The number of rotatable bonds is 7. The van der Waals surface area contributed by atoms with Crippen molar-refractivity contribution in [2.75, 3.05) is 25.6 Å². The highest BCUT2D eigenvalue weighted by Gasteiger charge is 2.48. The summed E-state index contributed by atoms with van der Waals surface area (Å²) in [5, 5.41) is 11.3. The fourth-order valence-electron chi connectivity index (χ4n) is 4.95. The van der Waals surface area contributed by atoms with Crippen LogP contribution < -0.4 is 9.64 Å². The zero-order chi connectivity index (χ0) is 24.2. The summed E-state index contributed by atoms with van der Waals surface area (Å²) in [5.41, 5.74) is 2.52. The molecule has 34 heavy (non-hydrogen) atoms. The molecule has 2 fully saturated rings. The number of ketones is 1. The molecule has 2 aromatic carbocycles. The SMILES string of the molecule is CCCOc1ccc(/C(O)=C2/C(=O)C(=O)N(C3CCCCC3)C2c2ccc(N(C)C)cc2)cc1. The van der Waals surface area contributed by atoms with Gasteiger partial charge < -0.3 is 19.6 Å². The zero-order valence-electron chi connectivity index (χ0n) is 20.3. The number of ether oxygens (including phenoxy) is 1. The Hall–Kier alpha value is -3.28. The van der Waals surface area contributed by atoms with Crippen molar-refractivity contribution in [2.24, 2.45) is 0 Å². The summed E-state index contributed by atoms with van der Waals surface area (Å²) in [6.07, 6.45) is 5.89. The maximum absolute atomic E-state index is 13.3. The van der Waals surface area contributed by atoms with Crippen molar-refractivity contribution in [3.8, 4) is 5.75 Å². The summed E-state index contributed by atoms with van der Waals surface area (Å²) >= 11 is 0. The molecular formula is C28H34N2O4. The molecule has 1 aliphatic heterocycles. The quantitative estimate of drug-likeness (QED) is 0.344. The first kappa shape index (κ1) is 23.9. The van der Waals surface area contributed by atoms with Crippen LogP contribution in [0.5, 0.6) is 5.75 Å². The van der Waals surface area contributed by atoms with Gasteiger partial charge in [0.25, 0.3) is 11.7 Å². The maximum atomic E-state index is 13.3. The fraction of sp³-hybridized carbons (Fsp3) is 0.429. The third-order valence-corrected chi connectivity index (χ3v) is 6.77. The maximum Gasteiger partial charge on any atom is 0.295 e. The van der Waals surface area contributed by atoms with Crippen molar-refractivity contribution in [3.63, 3.8) is 0 Å². The fourth-order valence-corrected chi connectivity index (χ4v) is 4.95. The second-order valence-electron chi connectivity index (χ2n) is 9.36. The molecule has 1 unspecified atom stereocenters. The molecular weight excluding hydrogens is 428 g/mol. The Morgan fingerprint density at radius 2 is 1.65 bits per heavy atom. The molecule has 0 spiro atoms. The highest BCUT2D eigenvalue weighted by Crippen LogP contribution is 2.43. The molecule has 1 N–H and O–H groups in total. The molecule has 1 saturated carbocycles. The first-order valence-electron chi connectivity index (χ1n) is 12.2. The molecule has 6 nitrogen and oxygen atoms in total. The van der Waals surface area contributed by atoms with Gasteiger partial charge in [-0.25, -0.2) is 0 Å². The molecule has 2 aromatic rings. The standard InChI is InChI=1S/C28H34N2O4/c1-4-18-34-23-16-12-20(13-17-23)26(31)24-25(19-10-14-21(15-11-19)29(2)3)30(28(33)27(24)32)22-8-6-5-7-9-22/h10-17,22,25,31H,4-9,18H2,1-3H3/b26-24-. The molecule has 1 saturated heterocycles. The Kier molecular flexibility index (Phi) is 7.25. The second-order valence-corrected chi connectivity index (χ2v) is 9.36. The van der Waals surface area contributed by atoms with E-state index in [1.807, 2.05) is 50.2 Å². The van der Waals surface area contributed by atoms with Crippen LogP contribution in [0.4, 0.5) is 5.69 Å². The summed E-state index contributed by atoms with van der Waals surface area (Å²) < 4.78 is 5.64. The minimum absolute atomic E-state index is 0.00107. The van der Waals surface area contributed by atoms with E-state index in [1.54, 1.807) is 29.2 Å². The van der Waals surface area contributed by atoms with Crippen molar-refractivity contribution in [1.29, 1.82) is 0 Å². The van der Waals surface area contributed by atoms with E-state index in [2.05, 4.69) is 0 Å². The molecule has 1 amide bonds. The lowest BCUT2D eigenvalue weighted by Crippen LogP contribution is -2.40. The predicted octanol–water partition coefficient (Wildman–Crippen LogP) is 5.30. The molecule has 4 rings (SSSR count). The molecule has 2 aliphatic rings. The molecule has 0 bridgehead atoms. The highest BCUT2D eigenvalue weighted by atomic mass is 16.5. The average molecular weight is 463 g/mol. The number of hydrogen-bond donors (Lipinski definition) is 1. The molecule has 1 aliphatic carbocycles. The number of benzene rings is 2. The lowest BCUT2D eigenvalue weighted by atomic mass is 9.91. The number of Topliss-reactive ketones (excluding diaryl/α,β-unsaturated/α-hetero) is 1. The molecule has 180 valence electrons. The Morgan fingerprint density at radius 3 is 2.24 bits per heavy atom. The van der Waals surface area contributed by atoms with Gasteiger partial charge in [-0.2, -0.15) is 0 Å². The van der Waals surface area contributed by atoms with Crippen LogP contribution in [0.3, 0.4) is 0 Å². The van der Waals surface area contributed by atoms with Gasteiger partial charge in [0.2, 0.25) is 0 Å². The van der Waals surface area contributed by atoms with Crippen LogP contribution in [0.2, 0.25) is 0 Å². The summed E-state index contributed by atoms with van der Waals surface area (Å²) in [4.78, 5) is 30.3. The second kappa shape index (κ2) is 10.3. The number of aliphatic hydroxyl groups excluding tert-OH is 1. The lowest BCUT2D eigenvalue weighted by Gasteiger charge is -2.35. The number of carbonyl (C=O) groups excluding carboxylic acids is 2. The summed E-state index contributed by atoms with van der Waals surface area (Å²) in [7, 11) is 3.94. The minimum Gasteiger partial charge on any atom is -0.507 e. The van der Waals surface area contributed by atoms with Gasteiger partial charge in [-0.05, 0) is 61.2 Å².